The molecule has 1 aromatic heterocycles. The van der Waals surface area contributed by atoms with Gasteiger partial charge in [0, 0.05) is 12.1 Å². The van der Waals surface area contributed by atoms with Crippen molar-refractivity contribution < 1.29 is 9.21 Å². The summed E-state index contributed by atoms with van der Waals surface area (Å²) in [5.74, 6) is -0.461. The molecular formula is C17H15N3O2. The zero-order valence-electron chi connectivity index (χ0n) is 11.9. The number of nitrogens with zero attached hydrogens (tertiary/aromatic N) is 2. The molecule has 0 spiro atoms. The van der Waals surface area contributed by atoms with Gasteiger partial charge in [0.1, 0.15) is 5.52 Å². The Labute approximate surface area is 127 Å². The van der Waals surface area contributed by atoms with Crippen molar-refractivity contribution in [2.45, 2.75) is 12.5 Å². The summed E-state index contributed by atoms with van der Waals surface area (Å²) < 4.78 is 5.82. The Morgan fingerprint density at radius 1 is 1.23 bits per heavy atom. The van der Waals surface area contributed by atoms with E-state index in [0.717, 1.165) is 13.0 Å². The second-order valence-corrected chi connectivity index (χ2v) is 5.45. The number of anilines is 1. The van der Waals surface area contributed by atoms with Gasteiger partial charge in [-0.05, 0) is 30.2 Å². The first kappa shape index (κ1) is 12.9. The molecule has 22 heavy (non-hydrogen) atoms. The number of hydrogen-bond acceptors (Lipinski definition) is 4. The van der Waals surface area contributed by atoms with Gasteiger partial charge in [0.2, 0.25) is 5.91 Å². The van der Waals surface area contributed by atoms with Crippen LogP contribution in [0, 0.1) is 0 Å². The summed E-state index contributed by atoms with van der Waals surface area (Å²) in [6, 6.07) is 16.3. The standard InChI is InChI=1S/C17H15N3O2/c18-16(21)12-6-7-15-13(10-12)19-17(22-15)20-9-8-14(20)11-4-2-1-3-5-11/h1-7,10,14H,8-9H2,(H2,18,21). The number of nitrogens with two attached hydrogens (primary N) is 1. The molecule has 1 unspecified atom stereocenters. The number of hydrogen-bond donors (Lipinski definition) is 1. The number of rotatable bonds is 3. The molecule has 1 amide bonds. The monoisotopic (exact) mass is 293 g/mol. The van der Waals surface area contributed by atoms with Gasteiger partial charge in [0.15, 0.2) is 5.58 Å². The van der Waals surface area contributed by atoms with Crippen LogP contribution in [-0.4, -0.2) is 17.4 Å². The Balaban J connectivity index is 1.68. The van der Waals surface area contributed by atoms with Crippen molar-refractivity contribution in [1.29, 1.82) is 0 Å². The third-order valence-corrected chi connectivity index (χ3v) is 4.11. The van der Waals surface area contributed by atoms with Crippen LogP contribution in [0.3, 0.4) is 0 Å². The first-order chi connectivity index (χ1) is 10.7. The lowest BCUT2D eigenvalue weighted by atomic mass is 9.95. The van der Waals surface area contributed by atoms with Crippen LogP contribution >= 0.6 is 0 Å². The lowest BCUT2D eigenvalue weighted by molar-refractivity contribution is 0.100. The van der Waals surface area contributed by atoms with Crippen LogP contribution in [-0.2, 0) is 0 Å². The van der Waals surface area contributed by atoms with Crippen LogP contribution in [0.15, 0.2) is 52.9 Å². The molecule has 1 aliphatic rings. The predicted octanol–water partition coefficient (Wildman–Crippen LogP) is 2.88. The third kappa shape index (κ3) is 2.02. The fourth-order valence-corrected chi connectivity index (χ4v) is 2.83. The van der Waals surface area contributed by atoms with E-state index in [1.165, 1.54) is 5.56 Å². The topological polar surface area (TPSA) is 72.4 Å². The largest absolute Gasteiger partial charge is 0.423 e. The second kappa shape index (κ2) is 4.87. The predicted molar refractivity (Wildman–Crippen MR) is 83.7 cm³/mol. The highest BCUT2D eigenvalue weighted by Gasteiger charge is 2.32. The van der Waals surface area contributed by atoms with Crippen LogP contribution in [0.2, 0.25) is 0 Å². The minimum absolute atomic E-state index is 0.296. The van der Waals surface area contributed by atoms with E-state index in [9.17, 15) is 4.79 Å². The minimum atomic E-state index is -0.461. The molecule has 1 saturated heterocycles. The number of carbonyl (C=O) groups is 1. The molecule has 2 N–H and O–H groups in total. The molecule has 0 bridgehead atoms. The number of oxazole rings is 1. The number of fused-ring (bicyclic) bond motifs is 1. The molecule has 4 rings (SSSR count). The lowest BCUT2D eigenvalue weighted by Gasteiger charge is -2.40. The van der Waals surface area contributed by atoms with Gasteiger partial charge in [0.25, 0.3) is 6.01 Å². The fourth-order valence-electron chi connectivity index (χ4n) is 2.83. The van der Waals surface area contributed by atoms with Gasteiger partial charge in [-0.3, -0.25) is 4.79 Å². The van der Waals surface area contributed by atoms with E-state index in [-0.39, 0.29) is 0 Å². The van der Waals surface area contributed by atoms with Crippen molar-refractivity contribution in [1.82, 2.24) is 4.98 Å². The first-order valence-electron chi connectivity index (χ1n) is 7.24. The van der Waals surface area contributed by atoms with Gasteiger partial charge in [-0.25, -0.2) is 0 Å². The van der Waals surface area contributed by atoms with Gasteiger partial charge < -0.3 is 15.1 Å². The summed E-state index contributed by atoms with van der Waals surface area (Å²) >= 11 is 0. The molecule has 0 radical (unpaired) electrons. The number of carbonyl (C=O) groups excluding carboxylic acids is 1. The molecule has 0 aliphatic carbocycles. The van der Waals surface area contributed by atoms with Crippen molar-refractivity contribution in [3.8, 4) is 0 Å². The Kier molecular flexibility index (Phi) is 2.85. The zero-order valence-corrected chi connectivity index (χ0v) is 11.9. The molecule has 110 valence electrons. The highest BCUT2D eigenvalue weighted by atomic mass is 16.4. The first-order valence-corrected chi connectivity index (χ1v) is 7.24. The van der Waals surface area contributed by atoms with Crippen molar-refractivity contribution in [2.75, 3.05) is 11.4 Å². The average molecular weight is 293 g/mol. The van der Waals surface area contributed by atoms with Crippen molar-refractivity contribution in [3.63, 3.8) is 0 Å². The maximum atomic E-state index is 11.2. The second-order valence-electron chi connectivity index (χ2n) is 5.45. The molecule has 1 fully saturated rings. The Morgan fingerprint density at radius 3 is 2.73 bits per heavy atom. The normalized spacial score (nSPS) is 17.5. The average Bonchev–Trinajstić information content (AvgIpc) is 2.89. The Morgan fingerprint density at radius 2 is 2.05 bits per heavy atom. The molecule has 0 saturated carbocycles. The quantitative estimate of drug-likeness (QED) is 0.806. The zero-order chi connectivity index (χ0) is 15.1. The van der Waals surface area contributed by atoms with Gasteiger partial charge in [-0.15, -0.1) is 0 Å². The van der Waals surface area contributed by atoms with Crippen molar-refractivity contribution >= 4 is 23.0 Å². The van der Waals surface area contributed by atoms with Crippen molar-refractivity contribution in [3.05, 3.63) is 59.7 Å². The Bertz CT molecular complexity index is 841. The SMILES string of the molecule is NC(=O)c1ccc2oc(N3CCC3c3ccccc3)nc2c1. The summed E-state index contributed by atoms with van der Waals surface area (Å²) in [5.41, 5.74) is 8.32. The molecule has 5 heteroatoms. The molecule has 1 atom stereocenters. The fraction of sp³-hybridized carbons (Fsp3) is 0.176. The summed E-state index contributed by atoms with van der Waals surface area (Å²) in [4.78, 5) is 17.9. The van der Waals surface area contributed by atoms with Crippen molar-refractivity contribution in [2.24, 2.45) is 5.73 Å². The van der Waals surface area contributed by atoms with Crippen LogP contribution in [0.4, 0.5) is 6.01 Å². The molecule has 2 heterocycles. The van der Waals surface area contributed by atoms with E-state index >= 15 is 0 Å². The summed E-state index contributed by atoms with van der Waals surface area (Å²) in [6.45, 7) is 0.912. The van der Waals surface area contributed by atoms with E-state index in [1.54, 1.807) is 18.2 Å². The molecule has 2 aromatic carbocycles. The van der Waals surface area contributed by atoms with Gasteiger partial charge in [0.05, 0.1) is 6.04 Å². The maximum Gasteiger partial charge on any atom is 0.298 e. The van der Waals surface area contributed by atoms with Crippen LogP contribution < -0.4 is 10.6 Å². The number of aromatic nitrogens is 1. The smallest absolute Gasteiger partial charge is 0.298 e. The summed E-state index contributed by atoms with van der Waals surface area (Å²) in [5, 5.41) is 0. The van der Waals surface area contributed by atoms with Gasteiger partial charge in [-0.1, -0.05) is 30.3 Å². The summed E-state index contributed by atoms with van der Waals surface area (Å²) in [7, 11) is 0. The minimum Gasteiger partial charge on any atom is -0.423 e. The molecule has 5 nitrogen and oxygen atoms in total. The highest BCUT2D eigenvalue weighted by molar-refractivity contribution is 5.96. The van der Waals surface area contributed by atoms with E-state index in [4.69, 9.17) is 10.2 Å². The number of amides is 1. The van der Waals surface area contributed by atoms with E-state index in [1.807, 2.05) is 18.2 Å². The maximum absolute atomic E-state index is 11.2. The summed E-state index contributed by atoms with van der Waals surface area (Å²) in [6.07, 6.45) is 1.08. The van der Waals surface area contributed by atoms with Crippen LogP contribution in [0.5, 0.6) is 0 Å². The van der Waals surface area contributed by atoms with Crippen LogP contribution in [0.25, 0.3) is 11.1 Å². The van der Waals surface area contributed by atoms with Crippen LogP contribution in [0.1, 0.15) is 28.4 Å². The molecule has 1 aliphatic heterocycles. The number of benzene rings is 2. The third-order valence-electron chi connectivity index (χ3n) is 4.11. The van der Waals surface area contributed by atoms with Gasteiger partial charge in [-0.2, -0.15) is 4.98 Å². The molecular weight excluding hydrogens is 278 g/mol. The van der Waals surface area contributed by atoms with E-state index in [0.29, 0.717) is 28.7 Å². The van der Waals surface area contributed by atoms with Gasteiger partial charge >= 0.3 is 0 Å². The molecule has 3 aromatic rings. The van der Waals surface area contributed by atoms with E-state index in [2.05, 4.69) is 22.0 Å². The lowest BCUT2D eigenvalue weighted by Crippen LogP contribution is -2.41. The highest BCUT2D eigenvalue weighted by Crippen LogP contribution is 2.38. The Hall–Kier alpha value is -2.82. The number of primary amides is 1. The van der Waals surface area contributed by atoms with E-state index < -0.39 is 5.91 Å².